The summed E-state index contributed by atoms with van der Waals surface area (Å²) in [7, 11) is 0. The highest BCUT2D eigenvalue weighted by atomic mass is 19.1. The number of nitrogens with zero attached hydrogens (tertiary/aromatic N) is 3. The van der Waals surface area contributed by atoms with E-state index in [1.54, 1.807) is 18.5 Å². The van der Waals surface area contributed by atoms with E-state index in [0.29, 0.717) is 19.5 Å². The lowest BCUT2D eigenvalue weighted by Gasteiger charge is -2.39. The molecule has 1 saturated carbocycles. The van der Waals surface area contributed by atoms with Gasteiger partial charge in [-0.25, -0.2) is 14.6 Å². The summed E-state index contributed by atoms with van der Waals surface area (Å²) in [6, 6.07) is 6.24. The van der Waals surface area contributed by atoms with Crippen molar-refractivity contribution in [2.45, 2.75) is 51.1 Å². The van der Waals surface area contributed by atoms with Crippen LogP contribution in [0, 0.1) is 18.7 Å². The molecule has 0 spiro atoms. The van der Waals surface area contributed by atoms with Gasteiger partial charge in [-0.2, -0.15) is 9.89 Å². The number of hydrogen-bond acceptors (Lipinski definition) is 4. The summed E-state index contributed by atoms with van der Waals surface area (Å²) in [5.74, 6) is 0.000469. The molecule has 3 amide bonds. The van der Waals surface area contributed by atoms with Crippen LogP contribution in [0.3, 0.4) is 0 Å². The number of urea groups is 1. The molecule has 0 bridgehead atoms. The number of nitrogens with one attached hydrogen (secondary N) is 3. The van der Waals surface area contributed by atoms with Gasteiger partial charge in [-0.15, -0.1) is 0 Å². The van der Waals surface area contributed by atoms with Crippen LogP contribution < -0.4 is 16.1 Å². The SMILES string of the molecule is Cc1cnn(NC(=O)N[C@@H]2CCCC[C@H]2CN2CC(=O)N[C@@H](Cc3cccc(F)c3)C2)c1. The molecular formula is C23H31FN6O2. The minimum absolute atomic E-state index is 0.00948. The second kappa shape index (κ2) is 10.1. The van der Waals surface area contributed by atoms with Crippen molar-refractivity contribution >= 4 is 11.9 Å². The number of piperazine rings is 1. The Labute approximate surface area is 187 Å². The van der Waals surface area contributed by atoms with Gasteiger partial charge in [0.25, 0.3) is 0 Å². The number of carbonyl (C=O) groups is 2. The quantitative estimate of drug-likeness (QED) is 0.640. The van der Waals surface area contributed by atoms with Gasteiger partial charge in [-0.3, -0.25) is 9.69 Å². The molecular weight excluding hydrogens is 411 g/mol. The highest BCUT2D eigenvalue weighted by molar-refractivity contribution is 5.82. The number of halogens is 1. The molecule has 32 heavy (non-hydrogen) atoms. The first-order valence-electron chi connectivity index (χ1n) is 11.3. The van der Waals surface area contributed by atoms with Gasteiger partial charge < -0.3 is 10.6 Å². The molecule has 3 N–H and O–H groups in total. The van der Waals surface area contributed by atoms with Crippen LogP contribution in [0.1, 0.15) is 36.8 Å². The van der Waals surface area contributed by atoms with Crippen molar-refractivity contribution in [2.24, 2.45) is 5.92 Å². The van der Waals surface area contributed by atoms with Gasteiger partial charge in [-0.1, -0.05) is 25.0 Å². The van der Waals surface area contributed by atoms with Crippen molar-refractivity contribution in [1.82, 2.24) is 25.4 Å². The third-order valence-electron chi connectivity index (χ3n) is 6.23. The molecule has 1 aliphatic heterocycles. The summed E-state index contributed by atoms with van der Waals surface area (Å²) in [4.78, 5) is 28.4. The van der Waals surface area contributed by atoms with E-state index in [0.717, 1.165) is 43.4 Å². The average Bonchev–Trinajstić information content (AvgIpc) is 3.13. The monoisotopic (exact) mass is 442 g/mol. The molecule has 2 fully saturated rings. The minimum Gasteiger partial charge on any atom is -0.351 e. The van der Waals surface area contributed by atoms with Crippen LogP contribution in [0.2, 0.25) is 0 Å². The van der Waals surface area contributed by atoms with Crippen LogP contribution in [0.4, 0.5) is 9.18 Å². The van der Waals surface area contributed by atoms with Crippen LogP contribution in [-0.4, -0.2) is 58.4 Å². The molecule has 8 nitrogen and oxygen atoms in total. The number of carbonyl (C=O) groups excluding carboxylic acids is 2. The van der Waals surface area contributed by atoms with Crippen LogP contribution in [0.25, 0.3) is 0 Å². The Bertz CT molecular complexity index is 948. The zero-order valence-electron chi connectivity index (χ0n) is 18.4. The van der Waals surface area contributed by atoms with E-state index in [-0.39, 0.29) is 35.8 Å². The third-order valence-corrected chi connectivity index (χ3v) is 6.23. The largest absolute Gasteiger partial charge is 0.351 e. The molecule has 172 valence electrons. The normalized spacial score (nSPS) is 24.1. The zero-order valence-corrected chi connectivity index (χ0v) is 18.4. The Balaban J connectivity index is 1.33. The first-order valence-corrected chi connectivity index (χ1v) is 11.3. The maximum atomic E-state index is 13.5. The van der Waals surface area contributed by atoms with Gasteiger partial charge >= 0.3 is 6.03 Å². The Kier molecular flexibility index (Phi) is 7.04. The van der Waals surface area contributed by atoms with E-state index in [2.05, 4.69) is 26.1 Å². The smallest absolute Gasteiger partial charge is 0.335 e. The van der Waals surface area contributed by atoms with Gasteiger partial charge in [0.1, 0.15) is 5.82 Å². The van der Waals surface area contributed by atoms with E-state index >= 15 is 0 Å². The third kappa shape index (κ3) is 6.06. The lowest BCUT2D eigenvalue weighted by molar-refractivity contribution is -0.125. The van der Waals surface area contributed by atoms with E-state index in [1.807, 2.05) is 13.0 Å². The maximum absolute atomic E-state index is 13.5. The van der Waals surface area contributed by atoms with Gasteiger partial charge in [0.15, 0.2) is 0 Å². The number of aromatic nitrogens is 2. The molecule has 0 unspecified atom stereocenters. The standard InChI is InChI=1S/C23H31FN6O2/c1-16-11-25-30(12-16)28-23(32)27-21-8-3-2-6-18(21)13-29-14-20(26-22(31)15-29)10-17-5-4-7-19(24)9-17/h4-5,7,9,11-12,18,20-21H,2-3,6,8,10,13-15H2,1H3,(H,26,31)(H2,27,28,32)/t18-,20-,21+/m0/s1. The number of hydrogen-bond donors (Lipinski definition) is 3. The molecule has 1 saturated heterocycles. The molecule has 4 rings (SSSR count). The lowest BCUT2D eigenvalue weighted by atomic mass is 9.84. The minimum atomic E-state index is -0.273. The summed E-state index contributed by atoms with van der Waals surface area (Å²) >= 11 is 0. The molecule has 1 aliphatic carbocycles. The van der Waals surface area contributed by atoms with Crippen molar-refractivity contribution in [3.8, 4) is 0 Å². The molecule has 9 heteroatoms. The van der Waals surface area contributed by atoms with Crippen LogP contribution in [0.15, 0.2) is 36.7 Å². The van der Waals surface area contributed by atoms with E-state index in [9.17, 15) is 14.0 Å². The highest BCUT2D eigenvalue weighted by Gasteiger charge is 2.32. The van der Waals surface area contributed by atoms with E-state index < -0.39 is 0 Å². The van der Waals surface area contributed by atoms with Crippen molar-refractivity contribution in [1.29, 1.82) is 0 Å². The van der Waals surface area contributed by atoms with Crippen LogP contribution in [-0.2, 0) is 11.2 Å². The first-order chi connectivity index (χ1) is 15.4. The number of benzene rings is 1. The van der Waals surface area contributed by atoms with Crippen molar-refractivity contribution in [3.63, 3.8) is 0 Å². The molecule has 2 aromatic rings. The van der Waals surface area contributed by atoms with Crippen LogP contribution in [0.5, 0.6) is 0 Å². The topological polar surface area (TPSA) is 91.3 Å². The summed E-state index contributed by atoms with van der Waals surface area (Å²) in [5, 5.41) is 10.2. The fourth-order valence-corrected chi connectivity index (χ4v) is 4.83. The summed E-state index contributed by atoms with van der Waals surface area (Å²) in [5.41, 5.74) is 4.57. The van der Waals surface area contributed by atoms with Gasteiger partial charge in [0.2, 0.25) is 5.91 Å². The predicted octanol–water partition coefficient (Wildman–Crippen LogP) is 2.19. The molecule has 2 aliphatic rings. The Morgan fingerprint density at radius 2 is 2.16 bits per heavy atom. The number of aryl methyl sites for hydroxylation is 1. The first kappa shape index (κ1) is 22.3. The maximum Gasteiger partial charge on any atom is 0.335 e. The molecule has 1 aromatic heterocycles. The summed E-state index contributed by atoms with van der Waals surface area (Å²) < 4.78 is 13.5. The second-order valence-corrected chi connectivity index (χ2v) is 8.99. The lowest BCUT2D eigenvalue weighted by Crippen LogP contribution is -2.57. The molecule has 1 aromatic carbocycles. The Hall–Kier alpha value is -2.94. The van der Waals surface area contributed by atoms with Crippen molar-refractivity contribution in [2.75, 3.05) is 25.1 Å². The molecule has 0 radical (unpaired) electrons. The number of rotatable bonds is 6. The molecule has 3 atom stereocenters. The average molecular weight is 443 g/mol. The molecule has 2 heterocycles. The van der Waals surface area contributed by atoms with E-state index in [1.165, 1.54) is 16.9 Å². The number of amides is 3. The van der Waals surface area contributed by atoms with Crippen molar-refractivity contribution < 1.29 is 14.0 Å². The van der Waals surface area contributed by atoms with E-state index in [4.69, 9.17) is 0 Å². The Morgan fingerprint density at radius 3 is 2.94 bits per heavy atom. The van der Waals surface area contributed by atoms with Gasteiger partial charge in [0, 0.05) is 25.2 Å². The second-order valence-electron chi connectivity index (χ2n) is 8.99. The fraction of sp³-hybridized carbons (Fsp3) is 0.522. The van der Waals surface area contributed by atoms with Gasteiger partial charge in [0.05, 0.1) is 18.9 Å². The van der Waals surface area contributed by atoms with Gasteiger partial charge in [-0.05, 0) is 55.4 Å². The zero-order chi connectivity index (χ0) is 22.5. The predicted molar refractivity (Wildman–Crippen MR) is 119 cm³/mol. The van der Waals surface area contributed by atoms with Crippen molar-refractivity contribution in [3.05, 3.63) is 53.6 Å². The van der Waals surface area contributed by atoms with Crippen LogP contribution >= 0.6 is 0 Å². The fourth-order valence-electron chi connectivity index (χ4n) is 4.83. The summed E-state index contributed by atoms with van der Waals surface area (Å²) in [6.07, 6.45) is 8.16. The highest BCUT2D eigenvalue weighted by Crippen LogP contribution is 2.26. The Morgan fingerprint density at radius 1 is 1.31 bits per heavy atom. The summed E-state index contributed by atoms with van der Waals surface area (Å²) in [6.45, 7) is 3.72.